The van der Waals surface area contributed by atoms with Gasteiger partial charge in [0.1, 0.15) is 0 Å². The van der Waals surface area contributed by atoms with Crippen LogP contribution in [0.2, 0.25) is 0 Å². The smallest absolute Gasteiger partial charge is 0.224 e. The van der Waals surface area contributed by atoms with Crippen LogP contribution < -0.4 is 5.73 Å². The van der Waals surface area contributed by atoms with Crippen molar-refractivity contribution in [1.29, 1.82) is 0 Å². The summed E-state index contributed by atoms with van der Waals surface area (Å²) >= 11 is 0. The number of carbonyl (C=O) groups excluding carboxylic acids is 1. The van der Waals surface area contributed by atoms with Crippen LogP contribution in [0.25, 0.3) is 0 Å². The Hall–Kier alpha value is -1.84. The summed E-state index contributed by atoms with van der Waals surface area (Å²) in [7, 11) is 1.83. The van der Waals surface area contributed by atoms with Crippen LogP contribution in [-0.2, 0) is 4.79 Å². The minimum atomic E-state index is -0.260. The molecule has 0 spiro atoms. The van der Waals surface area contributed by atoms with E-state index in [2.05, 4.69) is 0 Å². The van der Waals surface area contributed by atoms with Gasteiger partial charge >= 0.3 is 0 Å². The van der Waals surface area contributed by atoms with Gasteiger partial charge in [0.25, 0.3) is 0 Å². The first kappa shape index (κ1) is 18.2. The van der Waals surface area contributed by atoms with Crippen molar-refractivity contribution >= 4 is 18.3 Å². The third-order valence-corrected chi connectivity index (χ3v) is 3.88. The maximum absolute atomic E-state index is 12.4. The van der Waals surface area contributed by atoms with Crippen molar-refractivity contribution in [1.82, 2.24) is 4.90 Å². The summed E-state index contributed by atoms with van der Waals surface area (Å²) < 4.78 is 0. The average Bonchev–Trinajstić information content (AvgIpc) is 2.55. The lowest BCUT2D eigenvalue weighted by Gasteiger charge is -2.26. The maximum Gasteiger partial charge on any atom is 0.224 e. The number of hydrogen-bond acceptors (Lipinski definition) is 2. The number of carbonyl (C=O) groups is 1. The van der Waals surface area contributed by atoms with Crippen LogP contribution in [0.4, 0.5) is 0 Å². The van der Waals surface area contributed by atoms with Crippen molar-refractivity contribution in [2.75, 3.05) is 7.05 Å². The molecule has 0 aliphatic heterocycles. The highest BCUT2D eigenvalue weighted by molar-refractivity contribution is 5.85. The summed E-state index contributed by atoms with van der Waals surface area (Å²) in [4.78, 5) is 14.1. The van der Waals surface area contributed by atoms with Gasteiger partial charge in [0.2, 0.25) is 5.91 Å². The van der Waals surface area contributed by atoms with E-state index in [0.29, 0.717) is 6.42 Å². The molecule has 2 aromatic rings. The van der Waals surface area contributed by atoms with E-state index in [9.17, 15) is 4.79 Å². The molecule has 0 aliphatic carbocycles. The van der Waals surface area contributed by atoms with Crippen LogP contribution in [0.3, 0.4) is 0 Å². The van der Waals surface area contributed by atoms with Gasteiger partial charge in [-0.05, 0) is 18.1 Å². The Kier molecular flexibility index (Phi) is 7.09. The number of amides is 1. The molecule has 0 aromatic heterocycles. The Morgan fingerprint density at radius 1 is 1.00 bits per heavy atom. The topological polar surface area (TPSA) is 46.3 Å². The fraction of sp³-hybridized carbons (Fsp3) is 0.278. The normalized spacial score (nSPS) is 12.9. The van der Waals surface area contributed by atoms with E-state index in [4.69, 9.17) is 5.73 Å². The highest BCUT2D eigenvalue weighted by Crippen LogP contribution is 2.21. The Labute approximate surface area is 138 Å². The molecule has 2 atom stereocenters. The fourth-order valence-electron chi connectivity index (χ4n) is 2.32. The van der Waals surface area contributed by atoms with E-state index >= 15 is 0 Å². The second-order valence-corrected chi connectivity index (χ2v) is 5.31. The van der Waals surface area contributed by atoms with Gasteiger partial charge in [-0.15, -0.1) is 12.4 Å². The molecule has 0 radical (unpaired) electrons. The molecule has 2 rings (SSSR count). The molecule has 0 heterocycles. The summed E-state index contributed by atoms with van der Waals surface area (Å²) in [6, 6.07) is 19.5. The lowest BCUT2D eigenvalue weighted by atomic mass is 10.0. The minimum absolute atomic E-state index is 0. The molecule has 0 aliphatic rings. The third kappa shape index (κ3) is 4.58. The zero-order valence-corrected chi connectivity index (χ0v) is 13.8. The number of rotatable bonds is 5. The maximum atomic E-state index is 12.4. The van der Waals surface area contributed by atoms with Gasteiger partial charge in [-0.1, -0.05) is 60.7 Å². The van der Waals surface area contributed by atoms with Crippen LogP contribution in [0.5, 0.6) is 0 Å². The van der Waals surface area contributed by atoms with Gasteiger partial charge in [0.05, 0.1) is 6.04 Å². The number of nitrogens with two attached hydrogens (primary N) is 1. The number of nitrogens with zero attached hydrogens (tertiary/aromatic N) is 1. The Morgan fingerprint density at radius 2 is 1.45 bits per heavy atom. The first-order valence-corrected chi connectivity index (χ1v) is 7.20. The Bertz CT molecular complexity index is 574. The summed E-state index contributed by atoms with van der Waals surface area (Å²) in [5.41, 5.74) is 8.24. The molecular formula is C18H23ClN2O. The van der Waals surface area contributed by atoms with Crippen molar-refractivity contribution in [3.05, 3.63) is 71.8 Å². The molecule has 4 heteroatoms. The molecule has 2 unspecified atom stereocenters. The van der Waals surface area contributed by atoms with Crippen LogP contribution in [-0.4, -0.2) is 17.9 Å². The molecule has 118 valence electrons. The lowest BCUT2D eigenvalue weighted by molar-refractivity contribution is -0.132. The average molecular weight is 319 g/mol. The first-order chi connectivity index (χ1) is 10.1. The second-order valence-electron chi connectivity index (χ2n) is 5.31. The Morgan fingerprint density at radius 3 is 1.95 bits per heavy atom. The van der Waals surface area contributed by atoms with Gasteiger partial charge in [-0.25, -0.2) is 0 Å². The van der Waals surface area contributed by atoms with Gasteiger partial charge in [-0.3, -0.25) is 4.79 Å². The fourth-order valence-corrected chi connectivity index (χ4v) is 2.32. The van der Waals surface area contributed by atoms with Crippen molar-refractivity contribution in [2.45, 2.75) is 25.4 Å². The standard InChI is InChI=1S/C18H22N2O.ClH/c1-14(15-9-5-3-6-10-15)20(2)18(21)13-17(19)16-11-7-4-8-12-16;/h3-12,14,17H,13,19H2,1-2H3;1H. The van der Waals surface area contributed by atoms with E-state index in [1.807, 2.05) is 74.6 Å². The van der Waals surface area contributed by atoms with Crippen molar-refractivity contribution in [3.63, 3.8) is 0 Å². The molecular weight excluding hydrogens is 296 g/mol. The first-order valence-electron chi connectivity index (χ1n) is 7.20. The van der Waals surface area contributed by atoms with E-state index in [-0.39, 0.29) is 30.4 Å². The van der Waals surface area contributed by atoms with Crippen molar-refractivity contribution < 1.29 is 4.79 Å². The van der Waals surface area contributed by atoms with Crippen LogP contribution >= 0.6 is 12.4 Å². The number of hydrogen-bond donors (Lipinski definition) is 1. The molecule has 0 fully saturated rings. The largest absolute Gasteiger partial charge is 0.339 e. The molecule has 0 saturated heterocycles. The molecule has 2 aromatic carbocycles. The summed E-state index contributed by atoms with van der Waals surface area (Å²) in [5, 5.41) is 0. The number of halogens is 1. The molecule has 3 nitrogen and oxygen atoms in total. The quantitative estimate of drug-likeness (QED) is 0.913. The van der Waals surface area contributed by atoms with Gasteiger partial charge in [0, 0.05) is 19.5 Å². The number of benzene rings is 2. The molecule has 1 amide bonds. The highest BCUT2D eigenvalue weighted by atomic mass is 35.5. The van der Waals surface area contributed by atoms with Crippen molar-refractivity contribution in [3.8, 4) is 0 Å². The van der Waals surface area contributed by atoms with Crippen molar-refractivity contribution in [2.24, 2.45) is 5.73 Å². The van der Waals surface area contributed by atoms with Gasteiger partial charge in [0.15, 0.2) is 0 Å². The molecule has 2 N–H and O–H groups in total. The lowest BCUT2D eigenvalue weighted by Crippen LogP contribution is -2.32. The van der Waals surface area contributed by atoms with Crippen LogP contribution in [0, 0.1) is 0 Å². The zero-order chi connectivity index (χ0) is 15.2. The van der Waals surface area contributed by atoms with E-state index in [0.717, 1.165) is 11.1 Å². The molecule has 0 bridgehead atoms. The SMILES string of the molecule is CC(c1ccccc1)N(C)C(=O)CC(N)c1ccccc1.Cl. The van der Waals surface area contributed by atoms with Crippen LogP contribution in [0.1, 0.15) is 36.6 Å². The molecule has 22 heavy (non-hydrogen) atoms. The minimum Gasteiger partial charge on any atom is -0.339 e. The highest BCUT2D eigenvalue weighted by Gasteiger charge is 2.20. The van der Waals surface area contributed by atoms with E-state index < -0.39 is 0 Å². The summed E-state index contributed by atoms with van der Waals surface area (Å²) in [5.74, 6) is 0.0581. The van der Waals surface area contributed by atoms with E-state index in [1.165, 1.54) is 0 Å². The Balaban J connectivity index is 0.00000242. The summed E-state index contributed by atoms with van der Waals surface area (Å²) in [6.07, 6.45) is 0.317. The van der Waals surface area contributed by atoms with Crippen LogP contribution in [0.15, 0.2) is 60.7 Å². The predicted molar refractivity (Wildman–Crippen MR) is 92.9 cm³/mol. The summed E-state index contributed by atoms with van der Waals surface area (Å²) in [6.45, 7) is 2.03. The zero-order valence-electron chi connectivity index (χ0n) is 13.0. The predicted octanol–water partition coefficient (Wildman–Crippen LogP) is 3.72. The second kappa shape index (κ2) is 8.57. The van der Waals surface area contributed by atoms with E-state index in [1.54, 1.807) is 4.90 Å². The monoisotopic (exact) mass is 318 g/mol. The molecule has 0 saturated carbocycles. The third-order valence-electron chi connectivity index (χ3n) is 3.88. The van der Waals surface area contributed by atoms with Gasteiger partial charge in [-0.2, -0.15) is 0 Å². The van der Waals surface area contributed by atoms with Gasteiger partial charge < -0.3 is 10.6 Å².